The second-order valence-electron chi connectivity index (χ2n) is 4.74. The van der Waals surface area contributed by atoms with E-state index < -0.39 is 0 Å². The third-order valence-corrected chi connectivity index (χ3v) is 3.66. The van der Waals surface area contributed by atoms with Crippen LogP contribution in [0.15, 0.2) is 21.0 Å². The molecular formula is C15H20BrNO2. The number of hydrogen-bond acceptors (Lipinski definition) is 3. The monoisotopic (exact) mass is 325 g/mol. The number of methoxy groups -OCH3 is 1. The summed E-state index contributed by atoms with van der Waals surface area (Å²) in [6, 6.07) is 4.23. The summed E-state index contributed by atoms with van der Waals surface area (Å²) in [6.07, 6.45) is 1.11. The Balaban J connectivity index is 2.44. The second kappa shape index (κ2) is 6.55. The van der Waals surface area contributed by atoms with Crippen molar-refractivity contribution in [1.82, 2.24) is 5.32 Å². The zero-order valence-electron chi connectivity index (χ0n) is 11.7. The average Bonchev–Trinajstić information content (AvgIpc) is 2.70. The first kappa shape index (κ1) is 14.6. The SMILES string of the molecule is CCCNCc1oc2c(Br)cc(C)cc2c1COC. The molecule has 0 aliphatic rings. The third-order valence-electron chi connectivity index (χ3n) is 3.08. The first-order valence-corrected chi connectivity index (χ1v) is 7.36. The van der Waals surface area contributed by atoms with Crippen molar-refractivity contribution in [2.24, 2.45) is 0 Å². The summed E-state index contributed by atoms with van der Waals surface area (Å²) in [6.45, 7) is 6.55. The van der Waals surface area contributed by atoms with Gasteiger partial charge in [0.2, 0.25) is 0 Å². The fourth-order valence-corrected chi connectivity index (χ4v) is 2.87. The molecule has 0 aliphatic carbocycles. The Morgan fingerprint density at radius 1 is 1.37 bits per heavy atom. The van der Waals surface area contributed by atoms with Crippen LogP contribution >= 0.6 is 15.9 Å². The van der Waals surface area contributed by atoms with E-state index in [1.807, 2.05) is 0 Å². The Hall–Kier alpha value is -0.840. The largest absolute Gasteiger partial charge is 0.458 e. The summed E-state index contributed by atoms with van der Waals surface area (Å²) >= 11 is 3.57. The lowest BCUT2D eigenvalue weighted by Gasteiger charge is -2.03. The summed E-state index contributed by atoms with van der Waals surface area (Å²) in [5.74, 6) is 0.969. The van der Waals surface area contributed by atoms with Crippen LogP contribution in [0.25, 0.3) is 11.0 Å². The van der Waals surface area contributed by atoms with Crippen molar-refractivity contribution in [2.45, 2.75) is 33.4 Å². The fraction of sp³-hybridized carbons (Fsp3) is 0.467. The molecule has 0 atom stereocenters. The quantitative estimate of drug-likeness (QED) is 0.810. The molecule has 1 aromatic heterocycles. The predicted molar refractivity (Wildman–Crippen MR) is 81.4 cm³/mol. The van der Waals surface area contributed by atoms with E-state index in [4.69, 9.17) is 9.15 Å². The summed E-state index contributed by atoms with van der Waals surface area (Å²) in [7, 11) is 1.72. The van der Waals surface area contributed by atoms with Crippen molar-refractivity contribution < 1.29 is 9.15 Å². The number of nitrogens with one attached hydrogen (secondary N) is 1. The minimum absolute atomic E-state index is 0.575. The first-order valence-electron chi connectivity index (χ1n) is 6.57. The van der Waals surface area contributed by atoms with Crippen molar-refractivity contribution in [3.8, 4) is 0 Å². The minimum Gasteiger partial charge on any atom is -0.458 e. The van der Waals surface area contributed by atoms with Crippen LogP contribution in [-0.2, 0) is 17.9 Å². The van der Waals surface area contributed by atoms with Gasteiger partial charge in [-0.15, -0.1) is 0 Å². The van der Waals surface area contributed by atoms with Crippen LogP contribution in [-0.4, -0.2) is 13.7 Å². The van der Waals surface area contributed by atoms with Gasteiger partial charge in [-0.1, -0.05) is 6.92 Å². The van der Waals surface area contributed by atoms with E-state index in [2.05, 4.69) is 47.2 Å². The smallest absolute Gasteiger partial charge is 0.148 e. The number of halogens is 1. The van der Waals surface area contributed by atoms with E-state index in [0.717, 1.165) is 46.3 Å². The molecule has 19 heavy (non-hydrogen) atoms. The molecule has 0 fully saturated rings. The van der Waals surface area contributed by atoms with Gasteiger partial charge in [-0.3, -0.25) is 0 Å². The van der Waals surface area contributed by atoms with Crippen molar-refractivity contribution >= 4 is 26.9 Å². The highest BCUT2D eigenvalue weighted by Crippen LogP contribution is 2.33. The highest BCUT2D eigenvalue weighted by Gasteiger charge is 2.16. The lowest BCUT2D eigenvalue weighted by molar-refractivity contribution is 0.183. The Morgan fingerprint density at radius 3 is 2.84 bits per heavy atom. The number of hydrogen-bond donors (Lipinski definition) is 1. The molecule has 0 bridgehead atoms. The summed E-state index contributed by atoms with van der Waals surface area (Å²) in [4.78, 5) is 0. The van der Waals surface area contributed by atoms with E-state index in [9.17, 15) is 0 Å². The van der Waals surface area contributed by atoms with Crippen LogP contribution in [0.4, 0.5) is 0 Å². The number of fused-ring (bicyclic) bond motifs is 1. The highest BCUT2D eigenvalue weighted by atomic mass is 79.9. The molecule has 0 radical (unpaired) electrons. The molecule has 0 amide bonds. The van der Waals surface area contributed by atoms with E-state index >= 15 is 0 Å². The van der Waals surface area contributed by atoms with Crippen LogP contribution in [0.5, 0.6) is 0 Å². The molecule has 4 heteroatoms. The van der Waals surface area contributed by atoms with E-state index in [-0.39, 0.29) is 0 Å². The van der Waals surface area contributed by atoms with Gasteiger partial charge in [0.15, 0.2) is 0 Å². The van der Waals surface area contributed by atoms with Gasteiger partial charge in [-0.05, 0) is 53.5 Å². The van der Waals surface area contributed by atoms with E-state index in [1.165, 1.54) is 5.56 Å². The second-order valence-corrected chi connectivity index (χ2v) is 5.59. The van der Waals surface area contributed by atoms with Gasteiger partial charge >= 0.3 is 0 Å². The standard InChI is InChI=1S/C15H20BrNO2/c1-4-5-17-8-14-12(9-18-3)11-6-10(2)7-13(16)15(11)19-14/h6-7,17H,4-5,8-9H2,1-3H3. The molecule has 0 saturated heterocycles. The van der Waals surface area contributed by atoms with Gasteiger partial charge in [0.05, 0.1) is 17.6 Å². The fourth-order valence-electron chi connectivity index (χ4n) is 2.22. The number of rotatable bonds is 6. The summed E-state index contributed by atoms with van der Waals surface area (Å²) < 4.78 is 12.3. The minimum atomic E-state index is 0.575. The van der Waals surface area contributed by atoms with Crippen LogP contribution in [0.3, 0.4) is 0 Å². The van der Waals surface area contributed by atoms with Crippen molar-refractivity contribution in [2.75, 3.05) is 13.7 Å². The third kappa shape index (κ3) is 3.19. The lowest BCUT2D eigenvalue weighted by Crippen LogP contribution is -2.14. The first-order chi connectivity index (χ1) is 9.17. The summed E-state index contributed by atoms with van der Waals surface area (Å²) in [5, 5.41) is 4.52. The Bertz CT molecular complexity index is 563. The van der Waals surface area contributed by atoms with Gasteiger partial charge in [0.25, 0.3) is 0 Å². The maximum Gasteiger partial charge on any atom is 0.148 e. The van der Waals surface area contributed by atoms with Gasteiger partial charge in [0, 0.05) is 18.1 Å². The van der Waals surface area contributed by atoms with Crippen LogP contribution in [0.2, 0.25) is 0 Å². The molecule has 1 aromatic carbocycles. The van der Waals surface area contributed by atoms with Gasteiger partial charge < -0.3 is 14.5 Å². The van der Waals surface area contributed by atoms with Crippen LogP contribution in [0, 0.1) is 6.92 Å². The van der Waals surface area contributed by atoms with Crippen molar-refractivity contribution in [1.29, 1.82) is 0 Å². The maximum absolute atomic E-state index is 5.99. The van der Waals surface area contributed by atoms with Gasteiger partial charge in [-0.2, -0.15) is 0 Å². The van der Waals surface area contributed by atoms with E-state index in [0.29, 0.717) is 6.61 Å². The molecule has 1 N–H and O–H groups in total. The highest BCUT2D eigenvalue weighted by molar-refractivity contribution is 9.10. The number of furan rings is 1. The number of ether oxygens (including phenoxy) is 1. The molecule has 2 rings (SSSR count). The van der Waals surface area contributed by atoms with Gasteiger partial charge in [0.1, 0.15) is 11.3 Å². The average molecular weight is 326 g/mol. The topological polar surface area (TPSA) is 34.4 Å². The summed E-state index contributed by atoms with van der Waals surface area (Å²) in [5.41, 5.74) is 3.27. The molecule has 1 heterocycles. The van der Waals surface area contributed by atoms with Crippen molar-refractivity contribution in [3.05, 3.63) is 33.5 Å². The maximum atomic E-state index is 5.99. The molecular weight excluding hydrogens is 306 g/mol. The zero-order chi connectivity index (χ0) is 13.8. The lowest BCUT2D eigenvalue weighted by atomic mass is 10.1. The molecule has 0 saturated carbocycles. The Labute approximate surface area is 122 Å². The molecule has 2 aromatic rings. The predicted octanol–water partition coefficient (Wildman–Crippen LogP) is 4.15. The number of benzene rings is 1. The van der Waals surface area contributed by atoms with E-state index in [1.54, 1.807) is 7.11 Å². The molecule has 104 valence electrons. The molecule has 0 unspecified atom stereocenters. The molecule has 0 spiro atoms. The molecule has 3 nitrogen and oxygen atoms in total. The van der Waals surface area contributed by atoms with Gasteiger partial charge in [-0.25, -0.2) is 0 Å². The van der Waals surface area contributed by atoms with Crippen LogP contribution in [0.1, 0.15) is 30.2 Å². The Morgan fingerprint density at radius 2 is 2.16 bits per heavy atom. The molecule has 0 aliphatic heterocycles. The van der Waals surface area contributed by atoms with Crippen molar-refractivity contribution in [3.63, 3.8) is 0 Å². The van der Waals surface area contributed by atoms with Crippen LogP contribution < -0.4 is 5.32 Å². The Kier molecular flexibility index (Phi) is 5.02. The zero-order valence-corrected chi connectivity index (χ0v) is 13.3. The normalized spacial score (nSPS) is 11.4. The number of aryl methyl sites for hydroxylation is 1.